The Morgan fingerprint density at radius 1 is 1.62 bits per heavy atom. The Labute approximate surface area is 77.4 Å². The molecule has 6 nitrogen and oxygen atoms in total. The summed E-state index contributed by atoms with van der Waals surface area (Å²) in [6, 6.07) is -0.788. The molecule has 0 aliphatic rings. The summed E-state index contributed by atoms with van der Waals surface area (Å²) in [7, 11) is 0. The molecule has 0 fully saturated rings. The zero-order valence-corrected chi connectivity index (χ0v) is 8.20. The van der Waals surface area contributed by atoms with Crippen LogP contribution in [-0.2, 0) is 0 Å². The summed E-state index contributed by atoms with van der Waals surface area (Å²) in [4.78, 5) is 20.9. The number of amides is 2. The van der Waals surface area contributed by atoms with Gasteiger partial charge in [-0.05, 0) is 20.3 Å². The average Bonchev–Trinajstić information content (AvgIpc) is 1.99. The van der Waals surface area contributed by atoms with Crippen LogP contribution in [0.25, 0.3) is 0 Å². The van der Waals surface area contributed by atoms with E-state index in [1.165, 1.54) is 0 Å². The van der Waals surface area contributed by atoms with Gasteiger partial charge in [0.1, 0.15) is 0 Å². The Bertz CT molecular complexity index is 193. The number of hydrogen-bond donors (Lipinski definition) is 2. The zero-order chi connectivity index (χ0) is 10.5. The van der Waals surface area contributed by atoms with E-state index in [2.05, 4.69) is 10.7 Å². The van der Waals surface area contributed by atoms with Crippen LogP contribution in [0.1, 0.15) is 33.6 Å². The lowest BCUT2D eigenvalue weighted by Crippen LogP contribution is -2.52. The number of nitrogens with two attached hydrogens (primary N) is 1. The van der Waals surface area contributed by atoms with Crippen molar-refractivity contribution in [3.63, 3.8) is 0 Å². The van der Waals surface area contributed by atoms with Crippen molar-refractivity contribution in [2.75, 3.05) is 0 Å². The Morgan fingerprint density at radius 3 is 2.46 bits per heavy atom. The van der Waals surface area contributed by atoms with Crippen LogP contribution in [0.4, 0.5) is 4.79 Å². The normalized spacial score (nSPS) is 10.7. The van der Waals surface area contributed by atoms with Gasteiger partial charge in [0, 0.05) is 0 Å². The van der Waals surface area contributed by atoms with Crippen LogP contribution in [0.5, 0.6) is 0 Å². The molecular formula is C7H16N4O2. The van der Waals surface area contributed by atoms with Crippen LogP contribution in [0.2, 0.25) is 0 Å². The monoisotopic (exact) mass is 188 g/mol. The van der Waals surface area contributed by atoms with Gasteiger partial charge in [-0.3, -0.25) is 0 Å². The molecule has 0 heterocycles. The minimum absolute atomic E-state index is 0.508. The maximum absolute atomic E-state index is 10.5. The molecule has 0 aliphatic heterocycles. The SMILES string of the molecule is CCCC(C)(C)N(N=O)NC(N)=O. The first-order valence-electron chi connectivity index (χ1n) is 4.13. The quantitative estimate of drug-likeness (QED) is 0.500. The fourth-order valence-electron chi connectivity index (χ4n) is 1.10. The number of carbonyl (C=O) groups excluding carboxylic acids is 1. The highest BCUT2D eigenvalue weighted by Crippen LogP contribution is 2.18. The Balaban J connectivity index is 4.36. The Morgan fingerprint density at radius 2 is 2.15 bits per heavy atom. The standard InChI is InChI=1S/C7H16N4O2/c1-4-5-7(2,3)11(10-13)9-6(8)12/h4-5H2,1-3H3,(H3,8,9,12). The van der Waals surface area contributed by atoms with Crippen molar-refractivity contribution in [3.05, 3.63) is 4.91 Å². The van der Waals surface area contributed by atoms with Gasteiger partial charge < -0.3 is 5.73 Å². The number of nitrogens with one attached hydrogen (secondary N) is 1. The molecule has 6 heteroatoms. The predicted molar refractivity (Wildman–Crippen MR) is 49.3 cm³/mol. The first-order valence-corrected chi connectivity index (χ1v) is 4.13. The fraction of sp³-hybridized carbons (Fsp3) is 0.857. The lowest BCUT2D eigenvalue weighted by Gasteiger charge is -2.32. The number of hydrogen-bond acceptors (Lipinski definition) is 3. The first kappa shape index (κ1) is 11.7. The summed E-state index contributed by atoms with van der Waals surface area (Å²) in [6.07, 6.45) is 1.62. The molecule has 0 unspecified atom stereocenters. The van der Waals surface area contributed by atoms with E-state index in [4.69, 9.17) is 5.73 Å². The minimum Gasteiger partial charge on any atom is -0.350 e. The molecule has 13 heavy (non-hydrogen) atoms. The van der Waals surface area contributed by atoms with Gasteiger partial charge in [-0.2, -0.15) is 5.12 Å². The van der Waals surface area contributed by atoms with Crippen LogP contribution in [-0.4, -0.2) is 16.7 Å². The second-order valence-corrected chi connectivity index (χ2v) is 3.43. The number of nitrogens with zero attached hydrogens (tertiary/aromatic N) is 2. The van der Waals surface area contributed by atoms with Crippen LogP contribution >= 0.6 is 0 Å². The molecule has 0 spiro atoms. The molecule has 2 amide bonds. The zero-order valence-electron chi connectivity index (χ0n) is 8.20. The lowest BCUT2D eigenvalue weighted by atomic mass is 10.00. The topological polar surface area (TPSA) is 87.8 Å². The average molecular weight is 188 g/mol. The van der Waals surface area contributed by atoms with Gasteiger partial charge in [0.25, 0.3) is 0 Å². The van der Waals surface area contributed by atoms with E-state index in [1.54, 1.807) is 13.8 Å². The summed E-state index contributed by atoms with van der Waals surface area (Å²) < 4.78 is 0. The second-order valence-electron chi connectivity index (χ2n) is 3.43. The molecule has 0 aliphatic carbocycles. The van der Waals surface area contributed by atoms with E-state index >= 15 is 0 Å². The van der Waals surface area contributed by atoms with Crippen LogP contribution < -0.4 is 11.2 Å². The summed E-state index contributed by atoms with van der Waals surface area (Å²) in [5.74, 6) is 0. The van der Waals surface area contributed by atoms with Crippen molar-refractivity contribution in [2.45, 2.75) is 39.2 Å². The largest absolute Gasteiger partial charge is 0.350 e. The van der Waals surface area contributed by atoms with Gasteiger partial charge in [-0.1, -0.05) is 13.3 Å². The van der Waals surface area contributed by atoms with E-state index in [9.17, 15) is 9.70 Å². The minimum atomic E-state index is -0.788. The lowest BCUT2D eigenvalue weighted by molar-refractivity contribution is 0.0681. The fourth-order valence-corrected chi connectivity index (χ4v) is 1.10. The van der Waals surface area contributed by atoms with Crippen molar-refractivity contribution >= 4 is 6.03 Å². The number of primary amides is 1. The molecule has 0 aromatic rings. The first-order chi connectivity index (χ1) is 5.94. The maximum Gasteiger partial charge on any atom is 0.332 e. The number of nitroso groups, excluding NO2 is 1. The third-order valence-corrected chi connectivity index (χ3v) is 1.73. The van der Waals surface area contributed by atoms with E-state index in [0.29, 0.717) is 0 Å². The van der Waals surface area contributed by atoms with Crippen LogP contribution in [0, 0.1) is 4.91 Å². The molecule has 76 valence electrons. The maximum atomic E-state index is 10.5. The predicted octanol–water partition coefficient (Wildman–Crippen LogP) is 1.13. The number of hydrazine groups is 1. The molecule has 0 bridgehead atoms. The molecule has 3 N–H and O–H groups in total. The second kappa shape index (κ2) is 4.64. The molecule has 0 aromatic carbocycles. The van der Waals surface area contributed by atoms with Gasteiger partial charge in [0.05, 0.1) is 10.8 Å². The summed E-state index contributed by atoms with van der Waals surface area (Å²) in [5, 5.41) is 3.63. The van der Waals surface area contributed by atoms with Crippen LogP contribution in [0.3, 0.4) is 0 Å². The van der Waals surface area contributed by atoms with Crippen molar-refractivity contribution in [1.29, 1.82) is 0 Å². The van der Waals surface area contributed by atoms with Crippen molar-refractivity contribution in [2.24, 2.45) is 11.0 Å². The summed E-state index contributed by atoms with van der Waals surface area (Å²) in [6.45, 7) is 5.58. The van der Waals surface area contributed by atoms with E-state index < -0.39 is 11.6 Å². The highest BCUT2D eigenvalue weighted by atomic mass is 16.3. The van der Waals surface area contributed by atoms with Crippen molar-refractivity contribution < 1.29 is 4.79 Å². The third kappa shape index (κ3) is 3.73. The molecule has 0 radical (unpaired) electrons. The highest BCUT2D eigenvalue weighted by molar-refractivity contribution is 5.70. The van der Waals surface area contributed by atoms with Gasteiger partial charge in [0.15, 0.2) is 0 Å². The van der Waals surface area contributed by atoms with Gasteiger partial charge in [-0.25, -0.2) is 10.2 Å². The third-order valence-electron chi connectivity index (χ3n) is 1.73. The van der Waals surface area contributed by atoms with Crippen LogP contribution in [0.15, 0.2) is 5.29 Å². The van der Waals surface area contributed by atoms with Gasteiger partial charge >= 0.3 is 6.03 Å². The number of urea groups is 1. The van der Waals surface area contributed by atoms with E-state index in [0.717, 1.165) is 18.0 Å². The molecule has 0 saturated carbocycles. The van der Waals surface area contributed by atoms with Crippen molar-refractivity contribution in [3.8, 4) is 0 Å². The van der Waals surface area contributed by atoms with Gasteiger partial charge in [0.2, 0.25) is 0 Å². The molecule has 0 saturated heterocycles. The Kier molecular flexibility index (Phi) is 4.16. The molecular weight excluding hydrogens is 172 g/mol. The van der Waals surface area contributed by atoms with E-state index in [1.807, 2.05) is 6.92 Å². The smallest absolute Gasteiger partial charge is 0.332 e. The highest BCUT2D eigenvalue weighted by Gasteiger charge is 2.27. The van der Waals surface area contributed by atoms with E-state index in [-0.39, 0.29) is 0 Å². The van der Waals surface area contributed by atoms with Gasteiger partial charge in [-0.15, -0.1) is 4.91 Å². The summed E-state index contributed by atoms with van der Waals surface area (Å²) >= 11 is 0. The number of rotatable bonds is 5. The Hall–Kier alpha value is -1.33. The molecule has 0 atom stereocenters. The summed E-state index contributed by atoms with van der Waals surface area (Å²) in [5.41, 5.74) is 6.51. The molecule has 0 aromatic heterocycles. The van der Waals surface area contributed by atoms with Crippen molar-refractivity contribution in [1.82, 2.24) is 10.5 Å². The molecule has 0 rings (SSSR count). The number of carbonyl (C=O) groups is 1.